The van der Waals surface area contributed by atoms with Gasteiger partial charge in [0, 0.05) is 32.2 Å². The summed E-state index contributed by atoms with van der Waals surface area (Å²) in [5, 5.41) is 2.84. The van der Waals surface area contributed by atoms with E-state index in [1.54, 1.807) is 0 Å². The Hall–Kier alpha value is -2.04. The van der Waals surface area contributed by atoms with Gasteiger partial charge in [0.15, 0.2) is 0 Å². The first-order valence-electron chi connectivity index (χ1n) is 8.01. The Morgan fingerprint density at radius 3 is 2.45 bits per heavy atom. The molecule has 0 aromatic heterocycles. The molecule has 22 heavy (non-hydrogen) atoms. The number of carbonyl (C=O) groups excluding carboxylic acids is 2. The SMILES string of the molecule is Cc1ccc(CC(=O)N2CCC(N3CCNC3=O)CC2)cc1. The summed E-state index contributed by atoms with van der Waals surface area (Å²) in [5.41, 5.74) is 2.28. The van der Waals surface area contributed by atoms with Crippen LogP contribution in [0.3, 0.4) is 0 Å². The monoisotopic (exact) mass is 301 g/mol. The van der Waals surface area contributed by atoms with Crippen LogP contribution in [0.4, 0.5) is 4.79 Å². The van der Waals surface area contributed by atoms with Gasteiger partial charge in [0.1, 0.15) is 0 Å². The molecule has 2 heterocycles. The minimum atomic E-state index is 0.0458. The Kier molecular flexibility index (Phi) is 4.32. The first-order valence-corrected chi connectivity index (χ1v) is 8.01. The Balaban J connectivity index is 1.51. The molecule has 3 rings (SSSR count). The summed E-state index contributed by atoms with van der Waals surface area (Å²) in [4.78, 5) is 27.9. The van der Waals surface area contributed by atoms with Crippen molar-refractivity contribution in [2.45, 2.75) is 32.2 Å². The van der Waals surface area contributed by atoms with E-state index < -0.39 is 0 Å². The number of benzene rings is 1. The standard InChI is InChI=1S/C17H23N3O2/c1-13-2-4-14(5-3-13)12-16(21)19-9-6-15(7-10-19)20-11-8-18-17(20)22/h2-5,15H,6-12H2,1H3,(H,18,22). The molecule has 1 N–H and O–H groups in total. The highest BCUT2D eigenvalue weighted by Crippen LogP contribution is 2.19. The normalized spacial score (nSPS) is 19.4. The molecule has 0 radical (unpaired) electrons. The fourth-order valence-corrected chi connectivity index (χ4v) is 3.25. The molecule has 0 atom stereocenters. The molecule has 1 aromatic carbocycles. The molecule has 2 aliphatic heterocycles. The van der Waals surface area contributed by atoms with Crippen LogP contribution in [0.1, 0.15) is 24.0 Å². The minimum absolute atomic E-state index is 0.0458. The number of amides is 3. The molecular weight excluding hydrogens is 278 g/mol. The second-order valence-corrected chi connectivity index (χ2v) is 6.20. The Bertz CT molecular complexity index is 548. The Labute approximate surface area is 131 Å². The molecule has 3 amide bonds. The number of nitrogens with zero attached hydrogens (tertiary/aromatic N) is 2. The molecule has 1 aromatic rings. The number of carbonyl (C=O) groups is 2. The van der Waals surface area contributed by atoms with Gasteiger partial charge in [-0.1, -0.05) is 29.8 Å². The van der Waals surface area contributed by atoms with E-state index in [-0.39, 0.29) is 18.0 Å². The highest BCUT2D eigenvalue weighted by Gasteiger charge is 2.31. The number of nitrogens with one attached hydrogen (secondary N) is 1. The zero-order valence-corrected chi connectivity index (χ0v) is 13.0. The van der Waals surface area contributed by atoms with Crippen molar-refractivity contribution in [3.63, 3.8) is 0 Å². The lowest BCUT2D eigenvalue weighted by atomic mass is 10.0. The predicted octanol–water partition coefficient (Wildman–Crippen LogP) is 1.55. The zero-order chi connectivity index (χ0) is 15.5. The number of aryl methyl sites for hydroxylation is 1. The van der Waals surface area contributed by atoms with Gasteiger partial charge in [-0.3, -0.25) is 4.79 Å². The van der Waals surface area contributed by atoms with E-state index >= 15 is 0 Å². The molecule has 2 saturated heterocycles. The number of rotatable bonds is 3. The summed E-state index contributed by atoms with van der Waals surface area (Å²) in [6, 6.07) is 8.46. The molecule has 5 nitrogen and oxygen atoms in total. The van der Waals surface area contributed by atoms with Crippen molar-refractivity contribution in [1.82, 2.24) is 15.1 Å². The second-order valence-electron chi connectivity index (χ2n) is 6.20. The van der Waals surface area contributed by atoms with Crippen LogP contribution in [0.25, 0.3) is 0 Å². The van der Waals surface area contributed by atoms with Gasteiger partial charge in [-0.05, 0) is 25.3 Å². The van der Waals surface area contributed by atoms with Gasteiger partial charge in [0.05, 0.1) is 6.42 Å². The number of urea groups is 1. The molecule has 2 fully saturated rings. The molecular formula is C17H23N3O2. The molecule has 0 bridgehead atoms. The van der Waals surface area contributed by atoms with E-state index in [0.717, 1.165) is 44.6 Å². The molecule has 0 saturated carbocycles. The summed E-state index contributed by atoms with van der Waals surface area (Å²) in [5.74, 6) is 0.188. The van der Waals surface area contributed by atoms with Gasteiger partial charge in [0.25, 0.3) is 0 Å². The van der Waals surface area contributed by atoms with Gasteiger partial charge in [0.2, 0.25) is 5.91 Å². The van der Waals surface area contributed by atoms with Crippen molar-refractivity contribution in [2.75, 3.05) is 26.2 Å². The van der Waals surface area contributed by atoms with Crippen LogP contribution in [0.2, 0.25) is 0 Å². The van der Waals surface area contributed by atoms with Gasteiger partial charge < -0.3 is 15.1 Å². The van der Waals surface area contributed by atoms with Crippen LogP contribution < -0.4 is 5.32 Å². The van der Waals surface area contributed by atoms with Crippen LogP contribution in [-0.2, 0) is 11.2 Å². The average Bonchev–Trinajstić information content (AvgIpc) is 2.96. The number of hydrogen-bond donors (Lipinski definition) is 1. The Morgan fingerprint density at radius 2 is 1.86 bits per heavy atom. The largest absolute Gasteiger partial charge is 0.342 e. The summed E-state index contributed by atoms with van der Waals surface area (Å²) < 4.78 is 0. The molecule has 2 aliphatic rings. The third-order valence-electron chi connectivity index (χ3n) is 4.62. The predicted molar refractivity (Wildman–Crippen MR) is 84.6 cm³/mol. The quantitative estimate of drug-likeness (QED) is 0.921. The fourth-order valence-electron chi connectivity index (χ4n) is 3.25. The maximum absolute atomic E-state index is 12.4. The van der Waals surface area contributed by atoms with Crippen LogP contribution in [0.15, 0.2) is 24.3 Å². The first kappa shape index (κ1) is 14.9. The van der Waals surface area contributed by atoms with Crippen molar-refractivity contribution in [2.24, 2.45) is 0 Å². The fraction of sp³-hybridized carbons (Fsp3) is 0.529. The zero-order valence-electron chi connectivity index (χ0n) is 13.0. The van der Waals surface area contributed by atoms with E-state index in [9.17, 15) is 9.59 Å². The summed E-state index contributed by atoms with van der Waals surface area (Å²) in [6.45, 7) is 5.08. The van der Waals surface area contributed by atoms with Crippen molar-refractivity contribution in [3.05, 3.63) is 35.4 Å². The maximum Gasteiger partial charge on any atom is 0.317 e. The lowest BCUT2D eigenvalue weighted by molar-refractivity contribution is -0.131. The van der Waals surface area contributed by atoms with Crippen LogP contribution in [0.5, 0.6) is 0 Å². The molecule has 5 heteroatoms. The van der Waals surface area contributed by atoms with E-state index in [1.807, 2.05) is 41.0 Å². The average molecular weight is 301 g/mol. The van der Waals surface area contributed by atoms with Crippen LogP contribution in [0, 0.1) is 6.92 Å². The van der Waals surface area contributed by atoms with E-state index in [4.69, 9.17) is 0 Å². The van der Waals surface area contributed by atoms with Crippen molar-refractivity contribution < 1.29 is 9.59 Å². The van der Waals surface area contributed by atoms with E-state index in [1.165, 1.54) is 5.56 Å². The first-order chi connectivity index (χ1) is 10.6. The molecule has 0 spiro atoms. The van der Waals surface area contributed by atoms with Gasteiger partial charge >= 0.3 is 6.03 Å². The van der Waals surface area contributed by atoms with Gasteiger partial charge in [-0.2, -0.15) is 0 Å². The third kappa shape index (κ3) is 3.24. The number of hydrogen-bond acceptors (Lipinski definition) is 2. The van der Waals surface area contributed by atoms with Gasteiger partial charge in [-0.15, -0.1) is 0 Å². The Morgan fingerprint density at radius 1 is 1.18 bits per heavy atom. The third-order valence-corrected chi connectivity index (χ3v) is 4.62. The molecule has 0 unspecified atom stereocenters. The van der Waals surface area contributed by atoms with Crippen LogP contribution >= 0.6 is 0 Å². The lowest BCUT2D eigenvalue weighted by Gasteiger charge is -2.36. The van der Waals surface area contributed by atoms with Crippen molar-refractivity contribution >= 4 is 11.9 Å². The highest BCUT2D eigenvalue weighted by molar-refractivity contribution is 5.79. The van der Waals surface area contributed by atoms with E-state index in [2.05, 4.69) is 5.32 Å². The number of piperidine rings is 1. The second kappa shape index (κ2) is 6.38. The minimum Gasteiger partial charge on any atom is -0.342 e. The summed E-state index contributed by atoms with van der Waals surface area (Å²) in [7, 11) is 0. The topological polar surface area (TPSA) is 52.7 Å². The van der Waals surface area contributed by atoms with E-state index in [0.29, 0.717) is 6.42 Å². The summed E-state index contributed by atoms with van der Waals surface area (Å²) >= 11 is 0. The summed E-state index contributed by atoms with van der Waals surface area (Å²) in [6.07, 6.45) is 2.23. The van der Waals surface area contributed by atoms with Crippen molar-refractivity contribution in [3.8, 4) is 0 Å². The maximum atomic E-state index is 12.4. The molecule has 118 valence electrons. The number of likely N-dealkylation sites (tertiary alicyclic amines) is 1. The lowest BCUT2D eigenvalue weighted by Crippen LogP contribution is -2.48. The molecule has 0 aliphatic carbocycles. The van der Waals surface area contributed by atoms with Crippen LogP contribution in [-0.4, -0.2) is 54.0 Å². The van der Waals surface area contributed by atoms with Gasteiger partial charge in [-0.25, -0.2) is 4.79 Å². The van der Waals surface area contributed by atoms with Crippen molar-refractivity contribution in [1.29, 1.82) is 0 Å². The highest BCUT2D eigenvalue weighted by atomic mass is 16.2. The smallest absolute Gasteiger partial charge is 0.317 e.